The minimum Gasteiger partial charge on any atom is -0.265 e. The molecule has 26 aromatic rings. The normalized spacial score (nSPS) is 11.3. The van der Waals surface area contributed by atoms with E-state index in [1.807, 2.05) is 55.6 Å². The van der Waals surface area contributed by atoms with Crippen molar-refractivity contribution in [2.45, 2.75) is 0 Å². The highest BCUT2D eigenvalue weighted by atomic mass is 14.7. The zero-order valence-electron chi connectivity index (χ0n) is 76.2. The Kier molecular flexibility index (Phi) is 22.6. The lowest BCUT2D eigenvalue weighted by atomic mass is 9.92. The highest BCUT2D eigenvalue weighted by Crippen LogP contribution is 2.44. The van der Waals surface area contributed by atoms with E-state index >= 15 is 0 Å². The van der Waals surface area contributed by atoms with Crippen LogP contribution in [0.1, 0.15) is 0 Å². The van der Waals surface area contributed by atoms with Gasteiger partial charge in [0.15, 0.2) is 0 Å². The first-order valence-corrected chi connectivity index (χ1v) is 47.2. The van der Waals surface area contributed by atoms with Crippen molar-refractivity contribution in [1.29, 1.82) is 0 Å². The zero-order valence-corrected chi connectivity index (χ0v) is 76.2. The van der Waals surface area contributed by atoms with E-state index in [0.29, 0.717) is 0 Å². The number of pyridine rings is 8. The Labute approximate surface area is 811 Å². The van der Waals surface area contributed by atoms with Crippen LogP contribution in [0.25, 0.3) is 254 Å². The Balaban J connectivity index is 0.000000114. The minimum atomic E-state index is 0.918. The number of benzene rings is 18. The molecule has 8 heterocycles. The second kappa shape index (κ2) is 37.6. The summed E-state index contributed by atoms with van der Waals surface area (Å²) >= 11 is 0. The molecule has 18 aromatic carbocycles. The van der Waals surface area contributed by atoms with Crippen LogP contribution in [-0.2, 0) is 0 Å². The van der Waals surface area contributed by atoms with Gasteiger partial charge in [-0.25, -0.2) is 15.0 Å². The number of aromatic nitrogens is 8. The fourth-order valence-corrected chi connectivity index (χ4v) is 19.2. The Morgan fingerprint density at radius 2 is 0.314 bits per heavy atom. The molecule has 8 heteroatoms. The molecule has 8 nitrogen and oxygen atoms in total. The van der Waals surface area contributed by atoms with Gasteiger partial charge in [0.1, 0.15) is 0 Å². The number of fused-ring (bicyclic) bond motifs is 8. The van der Waals surface area contributed by atoms with E-state index in [1.165, 1.54) is 75.8 Å². The van der Waals surface area contributed by atoms with Crippen LogP contribution in [-0.4, -0.2) is 39.9 Å². The zero-order chi connectivity index (χ0) is 93.0. The Morgan fingerprint density at radius 3 is 0.593 bits per heavy atom. The molecule has 8 aromatic heterocycles. The predicted molar refractivity (Wildman–Crippen MR) is 583 cm³/mol. The molecule has 0 saturated carbocycles. The lowest BCUT2D eigenvalue weighted by Crippen LogP contribution is -1.94. The van der Waals surface area contributed by atoms with E-state index in [9.17, 15) is 0 Å². The molecule has 0 aliphatic heterocycles. The van der Waals surface area contributed by atoms with Gasteiger partial charge in [-0.2, -0.15) is 0 Å². The molecule has 0 atom stereocenters. The van der Waals surface area contributed by atoms with Gasteiger partial charge in [0.2, 0.25) is 0 Å². The van der Waals surface area contributed by atoms with E-state index < -0.39 is 0 Å². The van der Waals surface area contributed by atoms with Crippen LogP contribution in [0.4, 0.5) is 0 Å². The second-order valence-electron chi connectivity index (χ2n) is 35.6. The van der Waals surface area contributed by atoms with Gasteiger partial charge < -0.3 is 0 Å². The molecule has 0 amide bonds. The number of rotatable bonds is 15. The summed E-state index contributed by atoms with van der Waals surface area (Å²) in [7, 11) is 0. The van der Waals surface area contributed by atoms with Gasteiger partial charge in [0, 0.05) is 110 Å². The Bertz CT molecular complexity index is 8170. The maximum absolute atomic E-state index is 5.32. The maximum atomic E-state index is 5.32. The summed E-state index contributed by atoms with van der Waals surface area (Å²) in [6, 6.07) is 168. The molecule has 0 bridgehead atoms. The molecule has 0 aliphatic rings. The van der Waals surface area contributed by atoms with Crippen molar-refractivity contribution in [2.75, 3.05) is 0 Å². The fourth-order valence-electron chi connectivity index (χ4n) is 19.2. The fraction of sp³-hybridized carbons (Fsp3) is 0. The summed E-state index contributed by atoms with van der Waals surface area (Å²) < 4.78 is 0. The highest BCUT2D eigenvalue weighted by molar-refractivity contribution is 5.98. The van der Waals surface area contributed by atoms with E-state index in [4.69, 9.17) is 24.9 Å². The summed E-state index contributed by atoms with van der Waals surface area (Å²) in [5, 5.41) is 19.0. The summed E-state index contributed by atoms with van der Waals surface area (Å²) in [6.45, 7) is 0. The molecular weight excluding hydrogens is 1700 g/mol. The van der Waals surface area contributed by atoms with Crippen molar-refractivity contribution in [3.8, 4) is 168 Å². The van der Waals surface area contributed by atoms with Crippen molar-refractivity contribution in [2.24, 2.45) is 0 Å². The van der Waals surface area contributed by atoms with E-state index in [1.54, 1.807) is 0 Å². The molecule has 0 aliphatic carbocycles. The van der Waals surface area contributed by atoms with Crippen LogP contribution >= 0.6 is 0 Å². The maximum Gasteiger partial charge on any atom is 0.0715 e. The van der Waals surface area contributed by atoms with E-state index in [-0.39, 0.29) is 0 Å². The average molecular weight is 1780 g/mol. The third kappa shape index (κ3) is 17.9. The minimum absolute atomic E-state index is 0.918. The van der Waals surface area contributed by atoms with Crippen LogP contribution < -0.4 is 0 Å². The summed E-state index contributed by atoms with van der Waals surface area (Å²) in [6.07, 6.45) is 15.1. The predicted octanol–water partition coefficient (Wildman–Crippen LogP) is 34.5. The first-order valence-electron chi connectivity index (χ1n) is 47.2. The molecule has 0 radical (unpaired) electrons. The van der Waals surface area contributed by atoms with Crippen LogP contribution in [0.2, 0.25) is 0 Å². The van der Waals surface area contributed by atoms with Crippen LogP contribution in [0, 0.1) is 0 Å². The number of nitrogens with zero attached hydrogens (tertiary/aromatic N) is 8. The van der Waals surface area contributed by atoms with Gasteiger partial charge in [-0.05, 0) is 318 Å². The van der Waals surface area contributed by atoms with Crippen molar-refractivity contribution in [3.63, 3.8) is 0 Å². The topological polar surface area (TPSA) is 103 Å². The summed E-state index contributed by atoms with van der Waals surface area (Å²) in [4.78, 5) is 38.7. The molecule has 0 spiro atoms. The lowest BCUT2D eigenvalue weighted by Gasteiger charge is -2.14. The van der Waals surface area contributed by atoms with Gasteiger partial charge >= 0.3 is 0 Å². The van der Waals surface area contributed by atoms with E-state index in [2.05, 4.69) is 482 Å². The van der Waals surface area contributed by atoms with Gasteiger partial charge in [-0.1, -0.05) is 303 Å². The number of hydrogen-bond acceptors (Lipinski definition) is 8. The quantitative estimate of drug-likeness (QED) is 0.1000. The first-order chi connectivity index (χ1) is 69.2. The van der Waals surface area contributed by atoms with Gasteiger partial charge in [-0.15, -0.1) is 0 Å². The average Bonchev–Trinajstić information content (AvgIpc) is 0.771. The Morgan fingerprint density at radius 1 is 0.100 bits per heavy atom. The highest BCUT2D eigenvalue weighted by Gasteiger charge is 2.21. The molecule has 0 N–H and O–H groups in total. The monoisotopic (exact) mass is 1780 g/mol. The summed E-state index contributed by atoms with van der Waals surface area (Å²) in [5.41, 5.74) is 31.8. The number of hydrogen-bond donors (Lipinski definition) is 0. The van der Waals surface area contributed by atoms with Crippen molar-refractivity contribution >= 4 is 86.2 Å². The van der Waals surface area contributed by atoms with Crippen LogP contribution in [0.5, 0.6) is 0 Å². The Hall–Kier alpha value is -18.8. The van der Waals surface area contributed by atoms with Crippen molar-refractivity contribution in [1.82, 2.24) is 39.9 Å². The van der Waals surface area contributed by atoms with Crippen molar-refractivity contribution in [3.05, 3.63) is 523 Å². The van der Waals surface area contributed by atoms with Crippen LogP contribution in [0.15, 0.2) is 523 Å². The molecular formula is C132H86N8. The molecule has 654 valence electrons. The standard InChI is InChI=1S/C49H31N3.C42H28N2.C41H27N3/c1-3-11-34-21-38(19-17-32(34)9-1)48-28-43(29-49(52-48)39-20-18-33-10-2-4-12-35(33)22-39)42-23-44(46-26-36-13-5-7-15-40(36)30-50-46)25-45(24-42)47-27-37-14-6-8-16-41(37)31-51-47;1-2-8-29(9-3-1)37-24-38(32-18-20-43-21-19-32)26-39(25-37)40-27-41(35-16-14-30-10-4-6-12-33(30)22-35)44-42(28-40)36-17-15-31-11-5-7-13-34(31)23-36;1-3-8-31-20-33(13-11-28(31)6-1)40-25-39(26-41(44-40)34-14-12-29-7-2-4-9-32(29)21-34)38-23-36(30-15-18-42-19-16-30)22-37(24-38)35-10-5-17-43-27-35/h1-31H;1-28H;1-27H. The molecule has 140 heavy (non-hydrogen) atoms. The molecule has 0 unspecified atom stereocenters. The third-order valence-corrected chi connectivity index (χ3v) is 26.5. The van der Waals surface area contributed by atoms with Crippen molar-refractivity contribution < 1.29 is 0 Å². The van der Waals surface area contributed by atoms with Crippen LogP contribution in [0.3, 0.4) is 0 Å². The SMILES string of the molecule is c1ccc(-c2cc(-c3ccncc3)cc(-c3cc(-c4ccc5ccccc5c4)nc(-c4ccc5ccccc5c4)c3)c2)cc1.c1ccc2cc(-c3cc(-c4cc(-c5cc6ccccc6cn5)cc(-c5cc6ccccc6cn5)c4)cc(-c4ccc5ccccc5c4)n3)ccc2c1.c1cncc(-c2cc(-c3ccncc3)cc(-c3cc(-c4ccc5ccccc5c4)nc(-c4ccc5ccccc5c4)c3)c2)c1. The smallest absolute Gasteiger partial charge is 0.0715 e. The first kappa shape index (κ1) is 84.3. The summed E-state index contributed by atoms with van der Waals surface area (Å²) in [5.74, 6) is 0. The van der Waals surface area contributed by atoms with Gasteiger partial charge in [0.05, 0.1) is 45.6 Å². The molecule has 26 rings (SSSR count). The lowest BCUT2D eigenvalue weighted by molar-refractivity contribution is 1.32. The third-order valence-electron chi connectivity index (χ3n) is 26.5. The molecule has 0 saturated heterocycles. The van der Waals surface area contributed by atoms with Gasteiger partial charge in [0.25, 0.3) is 0 Å². The molecule has 0 fully saturated rings. The van der Waals surface area contributed by atoms with Gasteiger partial charge in [-0.3, -0.25) is 24.9 Å². The van der Waals surface area contributed by atoms with E-state index in [0.717, 1.165) is 178 Å². The largest absolute Gasteiger partial charge is 0.265 e. The second-order valence-corrected chi connectivity index (χ2v) is 35.6.